The number of ketones is 1. The third-order valence-corrected chi connectivity index (χ3v) is 6.71. The van der Waals surface area contributed by atoms with E-state index < -0.39 is 6.04 Å². The average molecular weight is 497 g/mol. The molecule has 1 atom stereocenters. The van der Waals surface area contributed by atoms with E-state index in [0.717, 1.165) is 35.2 Å². The Morgan fingerprint density at radius 1 is 1.03 bits per heavy atom. The summed E-state index contributed by atoms with van der Waals surface area (Å²) in [5.74, 6) is 2.10. The number of halogens is 1. The molecule has 1 aromatic heterocycles. The van der Waals surface area contributed by atoms with Crippen LogP contribution >= 0.6 is 0 Å². The van der Waals surface area contributed by atoms with Gasteiger partial charge >= 0.3 is 0 Å². The third-order valence-electron chi connectivity index (χ3n) is 6.71. The number of ether oxygens (including phenoxy) is 2. The van der Waals surface area contributed by atoms with Crippen molar-refractivity contribution in [1.29, 1.82) is 0 Å². The van der Waals surface area contributed by atoms with Crippen LogP contribution in [0.25, 0.3) is 11.4 Å². The van der Waals surface area contributed by atoms with E-state index in [0.29, 0.717) is 35.3 Å². The van der Waals surface area contributed by atoms with Crippen molar-refractivity contribution in [3.63, 3.8) is 0 Å². The number of fused-ring (bicyclic) bond motifs is 1. The lowest BCUT2D eigenvalue weighted by Crippen LogP contribution is -2.31. The molecule has 37 heavy (non-hydrogen) atoms. The van der Waals surface area contributed by atoms with Gasteiger partial charge in [-0.2, -0.15) is 4.98 Å². The van der Waals surface area contributed by atoms with Crippen LogP contribution in [0.1, 0.15) is 36.4 Å². The van der Waals surface area contributed by atoms with Crippen LogP contribution in [0.2, 0.25) is 0 Å². The molecule has 0 saturated heterocycles. The largest absolute Gasteiger partial charge is 0.493 e. The number of hydrogen-bond acceptors (Lipinski definition) is 6. The highest BCUT2D eigenvalue weighted by molar-refractivity contribution is 5.99. The highest BCUT2D eigenvalue weighted by Crippen LogP contribution is 2.42. The lowest BCUT2D eigenvalue weighted by molar-refractivity contribution is -0.116. The Bertz CT molecular complexity index is 1500. The van der Waals surface area contributed by atoms with Gasteiger partial charge < -0.3 is 14.8 Å². The fourth-order valence-electron chi connectivity index (χ4n) is 4.89. The summed E-state index contributed by atoms with van der Waals surface area (Å²) in [6.45, 7) is 0.269. The van der Waals surface area contributed by atoms with Crippen LogP contribution < -0.4 is 14.8 Å². The van der Waals surface area contributed by atoms with Gasteiger partial charge in [-0.25, -0.2) is 9.07 Å². The van der Waals surface area contributed by atoms with Crippen molar-refractivity contribution in [3.05, 3.63) is 101 Å². The van der Waals surface area contributed by atoms with E-state index in [9.17, 15) is 9.18 Å². The number of nitrogens with one attached hydrogen (secondary N) is 1. The zero-order chi connectivity index (χ0) is 25.4. The topological polar surface area (TPSA) is 78.3 Å². The van der Waals surface area contributed by atoms with E-state index >= 15 is 0 Å². The van der Waals surface area contributed by atoms with E-state index in [1.807, 2.05) is 48.5 Å². The molecule has 0 saturated carbocycles. The summed E-state index contributed by atoms with van der Waals surface area (Å²) in [6.07, 6.45) is 2.08. The van der Waals surface area contributed by atoms with Crippen LogP contribution in [0.15, 0.2) is 84.1 Å². The molecule has 1 aliphatic heterocycles. The molecule has 0 fully saturated rings. The fourth-order valence-corrected chi connectivity index (χ4v) is 4.89. The first-order valence-corrected chi connectivity index (χ1v) is 12.2. The molecule has 0 bridgehead atoms. The van der Waals surface area contributed by atoms with Crippen LogP contribution in [0.5, 0.6) is 11.5 Å². The maximum absolute atomic E-state index is 13.2. The van der Waals surface area contributed by atoms with E-state index in [1.54, 1.807) is 23.9 Å². The normalized spacial score (nSPS) is 16.6. The van der Waals surface area contributed by atoms with Crippen molar-refractivity contribution >= 4 is 11.7 Å². The van der Waals surface area contributed by atoms with Gasteiger partial charge in [0.2, 0.25) is 5.95 Å². The molecule has 0 spiro atoms. The predicted octanol–water partition coefficient (Wildman–Crippen LogP) is 5.69. The molecular weight excluding hydrogens is 471 g/mol. The number of methoxy groups -OCH3 is 1. The number of carbonyl (C=O) groups excluding carboxylic acids is 1. The molecule has 1 aliphatic carbocycles. The number of aromatic nitrogens is 3. The molecule has 8 heteroatoms. The first kappa shape index (κ1) is 23.0. The summed E-state index contributed by atoms with van der Waals surface area (Å²) >= 11 is 0. The molecule has 3 aromatic carbocycles. The Morgan fingerprint density at radius 2 is 1.84 bits per heavy atom. The van der Waals surface area contributed by atoms with Crippen molar-refractivity contribution in [2.24, 2.45) is 0 Å². The van der Waals surface area contributed by atoms with Gasteiger partial charge in [0.15, 0.2) is 23.1 Å². The van der Waals surface area contributed by atoms with Crippen LogP contribution in [0.4, 0.5) is 10.3 Å². The summed E-state index contributed by atoms with van der Waals surface area (Å²) in [4.78, 5) is 17.9. The summed E-state index contributed by atoms with van der Waals surface area (Å²) in [6, 6.07) is 21.2. The number of Topliss-reactive ketones (excluding diaryl/α,β-unsaturated/α-hetero) is 1. The minimum atomic E-state index is -0.441. The Morgan fingerprint density at radius 3 is 2.62 bits per heavy atom. The van der Waals surface area contributed by atoms with Gasteiger partial charge in [-0.05, 0) is 48.2 Å². The summed E-state index contributed by atoms with van der Waals surface area (Å²) < 4.78 is 26.7. The van der Waals surface area contributed by atoms with E-state index in [1.165, 1.54) is 12.1 Å². The molecule has 4 aromatic rings. The first-order chi connectivity index (χ1) is 18.1. The molecule has 2 heterocycles. The second kappa shape index (κ2) is 9.54. The first-order valence-electron chi connectivity index (χ1n) is 12.2. The number of benzene rings is 3. The second-order valence-electron chi connectivity index (χ2n) is 9.09. The smallest absolute Gasteiger partial charge is 0.226 e. The van der Waals surface area contributed by atoms with Gasteiger partial charge in [0, 0.05) is 23.3 Å². The lowest BCUT2D eigenvalue weighted by atomic mass is 9.85. The molecule has 7 nitrogen and oxygen atoms in total. The zero-order valence-corrected chi connectivity index (χ0v) is 20.3. The van der Waals surface area contributed by atoms with Crippen molar-refractivity contribution in [2.45, 2.75) is 31.9 Å². The van der Waals surface area contributed by atoms with Gasteiger partial charge in [0.1, 0.15) is 18.5 Å². The fraction of sp³-hybridized carbons (Fsp3) is 0.207. The highest BCUT2D eigenvalue weighted by Gasteiger charge is 2.37. The molecule has 1 N–H and O–H groups in total. The van der Waals surface area contributed by atoms with Gasteiger partial charge in [0.05, 0.1) is 7.11 Å². The van der Waals surface area contributed by atoms with Crippen molar-refractivity contribution in [3.8, 4) is 22.9 Å². The van der Waals surface area contributed by atoms with Gasteiger partial charge in [0.25, 0.3) is 0 Å². The Hall–Kier alpha value is -4.46. The van der Waals surface area contributed by atoms with E-state index in [2.05, 4.69) is 5.32 Å². The van der Waals surface area contributed by atoms with Crippen molar-refractivity contribution in [2.75, 3.05) is 12.4 Å². The Balaban J connectivity index is 1.38. The lowest BCUT2D eigenvalue weighted by Gasteiger charge is -2.32. The van der Waals surface area contributed by atoms with E-state index in [-0.39, 0.29) is 18.2 Å². The van der Waals surface area contributed by atoms with Crippen LogP contribution in [0.3, 0.4) is 0 Å². The quantitative estimate of drug-likeness (QED) is 0.369. The average Bonchev–Trinajstić information content (AvgIpc) is 3.36. The monoisotopic (exact) mass is 496 g/mol. The van der Waals surface area contributed by atoms with Gasteiger partial charge in [-0.15, -0.1) is 5.10 Å². The maximum Gasteiger partial charge on any atom is 0.226 e. The number of allylic oxidation sites excluding steroid dienone is 2. The standard InChI is InChI=1S/C29H25FN4O3/c1-36-25-16-20(12-15-24(25)37-17-18-10-13-21(30)14-11-18)27-26-22(8-5-9-23(26)35)31-29-32-28(33-34(27)29)19-6-3-2-4-7-19/h2-4,6-7,10-16,27H,5,8-9,17H2,1H3,(H,31,32,33). The Kier molecular flexibility index (Phi) is 5.92. The third kappa shape index (κ3) is 4.35. The number of hydrogen-bond donors (Lipinski definition) is 1. The predicted molar refractivity (Wildman–Crippen MR) is 137 cm³/mol. The van der Waals surface area contributed by atoms with Gasteiger partial charge in [-0.3, -0.25) is 4.79 Å². The number of nitrogens with zero attached hydrogens (tertiary/aromatic N) is 3. The van der Waals surface area contributed by atoms with Crippen molar-refractivity contribution in [1.82, 2.24) is 14.8 Å². The molecule has 186 valence electrons. The van der Waals surface area contributed by atoms with Gasteiger partial charge in [-0.1, -0.05) is 48.5 Å². The minimum absolute atomic E-state index is 0.108. The summed E-state index contributed by atoms with van der Waals surface area (Å²) in [5.41, 5.74) is 4.20. The number of anilines is 1. The second-order valence-corrected chi connectivity index (χ2v) is 9.09. The molecule has 6 rings (SSSR count). The van der Waals surface area contributed by atoms with E-state index in [4.69, 9.17) is 19.6 Å². The maximum atomic E-state index is 13.2. The zero-order valence-electron chi connectivity index (χ0n) is 20.3. The summed E-state index contributed by atoms with van der Waals surface area (Å²) in [7, 11) is 1.58. The molecule has 0 radical (unpaired) electrons. The number of carbonyl (C=O) groups is 1. The Labute approximate surface area is 213 Å². The highest BCUT2D eigenvalue weighted by atomic mass is 19.1. The molecule has 1 unspecified atom stereocenters. The summed E-state index contributed by atoms with van der Waals surface area (Å²) in [5, 5.41) is 8.19. The van der Waals surface area contributed by atoms with Crippen LogP contribution in [-0.4, -0.2) is 27.7 Å². The minimum Gasteiger partial charge on any atom is -0.493 e. The molecular formula is C29H25FN4O3. The molecule has 2 aliphatic rings. The number of rotatable bonds is 6. The van der Waals surface area contributed by atoms with Crippen LogP contribution in [0, 0.1) is 5.82 Å². The van der Waals surface area contributed by atoms with Crippen molar-refractivity contribution < 1.29 is 18.7 Å². The SMILES string of the molecule is COc1cc(C2C3=C(CCCC3=O)Nc3nc(-c4ccccc4)nn32)ccc1OCc1ccc(F)cc1. The molecule has 0 amide bonds. The van der Waals surface area contributed by atoms with Crippen LogP contribution in [-0.2, 0) is 11.4 Å².